The zero-order valence-corrected chi connectivity index (χ0v) is 14.1. The molecular weight excluding hydrogens is 252 g/mol. The van der Waals surface area contributed by atoms with Crippen LogP contribution < -0.4 is 0 Å². The van der Waals surface area contributed by atoms with E-state index in [1.165, 1.54) is 0 Å². The number of unbranched alkanes of at least 4 members (excludes halogenated alkanes) is 2. The molecular formula is C16H28O2Si. The molecule has 19 heavy (non-hydrogen) atoms. The highest BCUT2D eigenvalue weighted by Gasteiger charge is 2.42. The third-order valence-electron chi connectivity index (χ3n) is 3.25. The van der Waals surface area contributed by atoms with Crippen LogP contribution in [0.3, 0.4) is 0 Å². The summed E-state index contributed by atoms with van der Waals surface area (Å²) in [7, 11) is -1.70. The van der Waals surface area contributed by atoms with Crippen LogP contribution in [0.4, 0.5) is 0 Å². The van der Waals surface area contributed by atoms with Crippen LogP contribution in [0.1, 0.15) is 46.0 Å². The molecule has 108 valence electrons. The van der Waals surface area contributed by atoms with Crippen LogP contribution in [0.5, 0.6) is 0 Å². The van der Waals surface area contributed by atoms with Crippen molar-refractivity contribution in [3.05, 3.63) is 23.8 Å². The van der Waals surface area contributed by atoms with Crippen LogP contribution in [0.25, 0.3) is 0 Å². The van der Waals surface area contributed by atoms with Gasteiger partial charge in [0.15, 0.2) is 14.1 Å². The van der Waals surface area contributed by atoms with Gasteiger partial charge in [0.2, 0.25) is 0 Å². The van der Waals surface area contributed by atoms with E-state index in [0.717, 1.165) is 37.7 Å². The number of hydrogen-bond acceptors (Lipinski definition) is 2. The minimum atomic E-state index is -1.70. The normalized spacial score (nSPS) is 25.5. The van der Waals surface area contributed by atoms with E-state index in [1.807, 2.05) is 6.08 Å². The highest BCUT2D eigenvalue weighted by Crippen LogP contribution is 2.38. The molecule has 2 nitrogen and oxygen atoms in total. The molecule has 1 atom stereocenters. The first-order chi connectivity index (χ1) is 8.84. The zero-order valence-electron chi connectivity index (χ0n) is 13.1. The molecule has 0 saturated carbocycles. The Morgan fingerprint density at radius 2 is 1.95 bits per heavy atom. The molecule has 0 radical (unpaired) electrons. The Labute approximate surface area is 119 Å². The average molecular weight is 280 g/mol. The fourth-order valence-electron chi connectivity index (χ4n) is 2.50. The molecule has 1 aliphatic carbocycles. The van der Waals surface area contributed by atoms with E-state index in [1.54, 1.807) is 6.08 Å². The summed E-state index contributed by atoms with van der Waals surface area (Å²) in [6, 6.07) is 0. The molecule has 0 heterocycles. The van der Waals surface area contributed by atoms with E-state index < -0.39 is 13.9 Å². The minimum Gasteiger partial charge on any atom is -0.405 e. The summed E-state index contributed by atoms with van der Waals surface area (Å²) in [4.78, 5) is 12.1. The van der Waals surface area contributed by atoms with Crippen molar-refractivity contribution in [3.8, 4) is 0 Å². The van der Waals surface area contributed by atoms with E-state index in [0.29, 0.717) is 0 Å². The molecule has 0 bridgehead atoms. The van der Waals surface area contributed by atoms with E-state index in [2.05, 4.69) is 39.6 Å². The van der Waals surface area contributed by atoms with Crippen LogP contribution in [-0.4, -0.2) is 19.7 Å². The summed E-state index contributed by atoms with van der Waals surface area (Å²) in [5, 5.41) is 0. The molecule has 3 heteroatoms. The Kier molecular flexibility index (Phi) is 5.75. The van der Waals surface area contributed by atoms with Gasteiger partial charge in [-0.3, -0.25) is 4.79 Å². The Morgan fingerprint density at radius 3 is 2.47 bits per heavy atom. The van der Waals surface area contributed by atoms with Gasteiger partial charge in [0.25, 0.3) is 0 Å². The summed E-state index contributed by atoms with van der Waals surface area (Å²) in [5.74, 6) is 0.141. The average Bonchev–Trinajstić information content (AvgIpc) is 2.60. The van der Waals surface area contributed by atoms with E-state index in [9.17, 15) is 4.79 Å². The predicted molar refractivity (Wildman–Crippen MR) is 83.8 cm³/mol. The van der Waals surface area contributed by atoms with E-state index >= 15 is 0 Å². The molecule has 1 rings (SSSR count). The molecule has 0 spiro atoms. The SMILES string of the molecule is CCC/C=C1\C(=O)C=CC1(CCCC)O[Si](C)(C)C. The van der Waals surface area contributed by atoms with Crippen LogP contribution in [-0.2, 0) is 9.22 Å². The Bertz CT molecular complexity index is 377. The smallest absolute Gasteiger partial charge is 0.185 e. The van der Waals surface area contributed by atoms with E-state index in [4.69, 9.17) is 4.43 Å². The van der Waals surface area contributed by atoms with Gasteiger partial charge in [-0.2, -0.15) is 0 Å². The van der Waals surface area contributed by atoms with Crippen molar-refractivity contribution in [1.82, 2.24) is 0 Å². The predicted octanol–water partition coefficient (Wildman–Crippen LogP) is 4.63. The lowest BCUT2D eigenvalue weighted by molar-refractivity contribution is -0.112. The van der Waals surface area contributed by atoms with Gasteiger partial charge in [-0.1, -0.05) is 39.2 Å². The first-order valence-electron chi connectivity index (χ1n) is 7.49. The number of carbonyl (C=O) groups excluding carboxylic acids is 1. The van der Waals surface area contributed by atoms with Gasteiger partial charge in [-0.15, -0.1) is 0 Å². The van der Waals surface area contributed by atoms with Crippen molar-refractivity contribution < 1.29 is 9.22 Å². The molecule has 0 N–H and O–H groups in total. The number of rotatable bonds is 7. The monoisotopic (exact) mass is 280 g/mol. The van der Waals surface area contributed by atoms with Gasteiger partial charge in [0.05, 0.1) is 0 Å². The molecule has 0 aromatic carbocycles. The van der Waals surface area contributed by atoms with Crippen molar-refractivity contribution >= 4 is 14.1 Å². The molecule has 0 fully saturated rings. The second kappa shape index (κ2) is 6.66. The van der Waals surface area contributed by atoms with Gasteiger partial charge < -0.3 is 4.43 Å². The molecule has 0 aromatic rings. The minimum absolute atomic E-state index is 0.141. The van der Waals surface area contributed by atoms with Gasteiger partial charge in [-0.05, 0) is 44.6 Å². The van der Waals surface area contributed by atoms with Gasteiger partial charge in [-0.25, -0.2) is 0 Å². The molecule has 0 aromatic heterocycles. The highest BCUT2D eigenvalue weighted by molar-refractivity contribution is 6.70. The fourth-order valence-corrected chi connectivity index (χ4v) is 3.88. The van der Waals surface area contributed by atoms with Crippen molar-refractivity contribution in [3.63, 3.8) is 0 Å². The molecule has 0 amide bonds. The van der Waals surface area contributed by atoms with E-state index in [-0.39, 0.29) is 5.78 Å². The number of allylic oxidation sites excluding steroid dienone is 2. The number of carbonyl (C=O) groups is 1. The number of hydrogen-bond donors (Lipinski definition) is 0. The lowest BCUT2D eigenvalue weighted by atomic mass is 9.90. The van der Waals surface area contributed by atoms with Crippen molar-refractivity contribution in [2.75, 3.05) is 0 Å². The summed E-state index contributed by atoms with van der Waals surface area (Å²) in [6.45, 7) is 10.9. The maximum Gasteiger partial charge on any atom is 0.185 e. The summed E-state index contributed by atoms with van der Waals surface area (Å²) in [6.07, 6.45) is 11.0. The standard InChI is InChI=1S/C16H28O2Si/c1-6-8-10-14-15(17)11-13-16(14,12-9-7-2)18-19(3,4)5/h10-11,13H,6-9,12H2,1-5H3/b14-10+. The Balaban J connectivity index is 3.06. The highest BCUT2D eigenvalue weighted by atomic mass is 28.4. The summed E-state index contributed by atoms with van der Waals surface area (Å²) >= 11 is 0. The second-order valence-electron chi connectivity index (χ2n) is 6.31. The van der Waals surface area contributed by atoms with Gasteiger partial charge >= 0.3 is 0 Å². The molecule has 0 saturated heterocycles. The molecule has 1 unspecified atom stereocenters. The number of ketones is 1. The first kappa shape index (κ1) is 16.4. The van der Waals surface area contributed by atoms with Crippen LogP contribution in [0.15, 0.2) is 23.8 Å². The fraction of sp³-hybridized carbons (Fsp3) is 0.688. The maximum atomic E-state index is 12.1. The Morgan fingerprint density at radius 1 is 1.26 bits per heavy atom. The quantitative estimate of drug-likeness (QED) is 0.502. The second-order valence-corrected chi connectivity index (χ2v) is 10.7. The van der Waals surface area contributed by atoms with Crippen molar-refractivity contribution in [1.29, 1.82) is 0 Å². The lowest BCUT2D eigenvalue weighted by Gasteiger charge is -2.36. The van der Waals surface area contributed by atoms with Crippen molar-refractivity contribution in [2.45, 2.75) is 71.2 Å². The summed E-state index contributed by atoms with van der Waals surface area (Å²) in [5.41, 5.74) is 0.442. The maximum absolute atomic E-state index is 12.1. The first-order valence-corrected chi connectivity index (χ1v) is 10.9. The van der Waals surface area contributed by atoms with Crippen LogP contribution >= 0.6 is 0 Å². The molecule has 1 aliphatic rings. The lowest BCUT2D eigenvalue weighted by Crippen LogP contribution is -2.42. The third kappa shape index (κ3) is 4.43. The molecule has 0 aliphatic heterocycles. The third-order valence-corrected chi connectivity index (χ3v) is 4.23. The summed E-state index contributed by atoms with van der Waals surface area (Å²) < 4.78 is 6.43. The van der Waals surface area contributed by atoms with Gasteiger partial charge in [0, 0.05) is 5.57 Å². The van der Waals surface area contributed by atoms with Gasteiger partial charge in [0.1, 0.15) is 5.60 Å². The van der Waals surface area contributed by atoms with Crippen molar-refractivity contribution in [2.24, 2.45) is 0 Å². The zero-order chi connectivity index (χ0) is 14.5. The van der Waals surface area contributed by atoms with Crippen LogP contribution in [0.2, 0.25) is 19.6 Å². The van der Waals surface area contributed by atoms with Crippen LogP contribution in [0, 0.1) is 0 Å². The Hall–Kier alpha value is -0.673. The topological polar surface area (TPSA) is 26.3 Å². The largest absolute Gasteiger partial charge is 0.405 e.